The number of likely N-dealkylation sites (tertiary alicyclic amines) is 1. The van der Waals surface area contributed by atoms with E-state index in [-0.39, 0.29) is 11.5 Å². The van der Waals surface area contributed by atoms with Crippen LogP contribution in [0.5, 0.6) is 0 Å². The number of aromatic nitrogens is 4. The monoisotopic (exact) mass is 357 g/mol. The van der Waals surface area contributed by atoms with Gasteiger partial charge in [-0.05, 0) is 63.5 Å². The Kier molecular flexibility index (Phi) is 4.40. The van der Waals surface area contributed by atoms with Crippen molar-refractivity contribution in [3.05, 3.63) is 51.6 Å². The Morgan fingerprint density at radius 1 is 1.31 bits per heavy atom. The Bertz CT molecular complexity index is 978. The van der Waals surface area contributed by atoms with Crippen molar-refractivity contribution in [2.45, 2.75) is 45.7 Å². The first-order chi connectivity index (χ1) is 12.6. The summed E-state index contributed by atoms with van der Waals surface area (Å²) in [7, 11) is 0. The minimum absolute atomic E-state index is 0.120. The maximum Gasteiger partial charge on any atom is 0.343 e. The molecule has 26 heavy (non-hydrogen) atoms. The number of nitrogens with zero attached hydrogens (tertiary/aromatic N) is 3. The fourth-order valence-corrected chi connectivity index (χ4v) is 4.03. The Labute approximate surface area is 151 Å². The summed E-state index contributed by atoms with van der Waals surface area (Å²) < 4.78 is 15.2. The van der Waals surface area contributed by atoms with Crippen LogP contribution in [0.4, 0.5) is 4.39 Å². The molecule has 6 nitrogen and oxygen atoms in total. The summed E-state index contributed by atoms with van der Waals surface area (Å²) in [5.41, 5.74) is 3.13. The third kappa shape index (κ3) is 2.96. The number of H-pyrrole nitrogens is 2. The van der Waals surface area contributed by atoms with Gasteiger partial charge in [-0.1, -0.05) is 0 Å². The fraction of sp³-hybridized carbons (Fsp3) is 0.474. The third-order valence-electron chi connectivity index (χ3n) is 5.56. The molecule has 1 aliphatic heterocycles. The van der Waals surface area contributed by atoms with Crippen LogP contribution in [0.2, 0.25) is 0 Å². The van der Waals surface area contributed by atoms with Gasteiger partial charge in [-0.25, -0.2) is 14.3 Å². The van der Waals surface area contributed by atoms with Crippen molar-refractivity contribution in [2.75, 3.05) is 13.1 Å². The third-order valence-corrected chi connectivity index (χ3v) is 5.56. The number of fused-ring (bicyclic) bond motifs is 1. The topological polar surface area (TPSA) is 69.7 Å². The smallest absolute Gasteiger partial charge is 0.343 e. The van der Waals surface area contributed by atoms with Crippen LogP contribution in [-0.4, -0.2) is 37.7 Å². The first-order valence-corrected chi connectivity index (χ1v) is 9.21. The van der Waals surface area contributed by atoms with Crippen molar-refractivity contribution in [3.8, 4) is 0 Å². The molecule has 0 aliphatic carbocycles. The number of halogens is 1. The first kappa shape index (κ1) is 17.0. The molecule has 0 unspecified atom stereocenters. The second-order valence-corrected chi connectivity index (χ2v) is 7.10. The molecule has 7 heteroatoms. The Hall–Kier alpha value is -2.41. The average Bonchev–Trinajstić information content (AvgIpc) is 3.16. The summed E-state index contributed by atoms with van der Waals surface area (Å²) in [5, 5.41) is 7.76. The lowest BCUT2D eigenvalue weighted by Crippen LogP contribution is -2.34. The fourth-order valence-electron chi connectivity index (χ4n) is 4.03. The Balaban J connectivity index is 1.46. The van der Waals surface area contributed by atoms with Gasteiger partial charge in [0.15, 0.2) is 0 Å². The second-order valence-electron chi connectivity index (χ2n) is 7.10. The maximum atomic E-state index is 13.5. The Morgan fingerprint density at radius 2 is 2.08 bits per heavy atom. The van der Waals surface area contributed by atoms with E-state index in [0.717, 1.165) is 60.5 Å². The van der Waals surface area contributed by atoms with E-state index in [1.807, 2.05) is 13.8 Å². The van der Waals surface area contributed by atoms with E-state index in [0.29, 0.717) is 12.5 Å². The molecule has 2 N–H and O–H groups in total. The standard InChI is InChI=1S/C19H24FN5O/c1-3-25-18(22-23-19(25)26)13-6-8-24(9-7-13)11-17-12(2)15-10-14(20)4-5-16(15)21-17/h4-5,10,13,21H,3,6-9,11H2,1-2H3,(H,23,26). The van der Waals surface area contributed by atoms with E-state index in [1.165, 1.54) is 6.07 Å². The maximum absolute atomic E-state index is 13.5. The zero-order valence-electron chi connectivity index (χ0n) is 15.2. The molecule has 1 aliphatic rings. The first-order valence-electron chi connectivity index (χ1n) is 9.21. The summed E-state index contributed by atoms with van der Waals surface area (Å²) in [4.78, 5) is 17.6. The molecule has 138 valence electrons. The lowest BCUT2D eigenvalue weighted by atomic mass is 9.95. The van der Waals surface area contributed by atoms with E-state index < -0.39 is 0 Å². The van der Waals surface area contributed by atoms with Crippen LogP contribution in [0.3, 0.4) is 0 Å². The summed E-state index contributed by atoms with van der Waals surface area (Å²) >= 11 is 0. The average molecular weight is 357 g/mol. The highest BCUT2D eigenvalue weighted by atomic mass is 19.1. The van der Waals surface area contributed by atoms with Crippen LogP contribution in [0.25, 0.3) is 10.9 Å². The molecule has 1 saturated heterocycles. The van der Waals surface area contributed by atoms with E-state index in [9.17, 15) is 9.18 Å². The molecule has 0 saturated carbocycles. The number of aromatic amines is 2. The largest absolute Gasteiger partial charge is 0.357 e. The van der Waals surface area contributed by atoms with Crippen LogP contribution in [0.1, 0.15) is 42.8 Å². The molecule has 2 aromatic heterocycles. The van der Waals surface area contributed by atoms with E-state index in [1.54, 1.807) is 16.7 Å². The van der Waals surface area contributed by atoms with Crippen molar-refractivity contribution in [1.82, 2.24) is 24.6 Å². The molecular formula is C19H24FN5O. The van der Waals surface area contributed by atoms with Gasteiger partial charge in [0.2, 0.25) is 0 Å². The number of aryl methyl sites for hydroxylation is 1. The molecule has 3 heterocycles. The van der Waals surface area contributed by atoms with Crippen molar-refractivity contribution in [3.63, 3.8) is 0 Å². The predicted octanol–water partition coefficient (Wildman–Crippen LogP) is 2.90. The number of rotatable bonds is 4. The van der Waals surface area contributed by atoms with E-state index in [4.69, 9.17) is 0 Å². The molecule has 0 atom stereocenters. The van der Waals surface area contributed by atoms with Crippen molar-refractivity contribution in [1.29, 1.82) is 0 Å². The van der Waals surface area contributed by atoms with E-state index >= 15 is 0 Å². The number of hydrogen-bond acceptors (Lipinski definition) is 3. The molecule has 0 amide bonds. The van der Waals surface area contributed by atoms with Crippen molar-refractivity contribution < 1.29 is 4.39 Å². The quantitative estimate of drug-likeness (QED) is 0.754. The van der Waals surface area contributed by atoms with Gasteiger partial charge < -0.3 is 4.98 Å². The SMILES string of the molecule is CCn1c(C2CCN(Cc3[nH]c4ccc(F)cc4c3C)CC2)n[nH]c1=O. The van der Waals surface area contributed by atoms with Gasteiger partial charge in [-0.3, -0.25) is 9.47 Å². The van der Waals surface area contributed by atoms with Crippen LogP contribution in [0, 0.1) is 12.7 Å². The van der Waals surface area contributed by atoms with Crippen molar-refractivity contribution >= 4 is 10.9 Å². The molecule has 0 radical (unpaired) electrons. The van der Waals surface area contributed by atoms with Gasteiger partial charge in [0.25, 0.3) is 0 Å². The molecular weight excluding hydrogens is 333 g/mol. The van der Waals surface area contributed by atoms with Gasteiger partial charge >= 0.3 is 5.69 Å². The zero-order chi connectivity index (χ0) is 18.3. The lowest BCUT2D eigenvalue weighted by molar-refractivity contribution is 0.198. The Morgan fingerprint density at radius 3 is 2.81 bits per heavy atom. The minimum Gasteiger partial charge on any atom is -0.357 e. The normalized spacial score (nSPS) is 16.6. The molecule has 0 spiro atoms. The van der Waals surface area contributed by atoms with Crippen LogP contribution >= 0.6 is 0 Å². The number of nitrogens with one attached hydrogen (secondary N) is 2. The zero-order valence-corrected chi connectivity index (χ0v) is 15.2. The highest BCUT2D eigenvalue weighted by Gasteiger charge is 2.25. The summed E-state index contributed by atoms with van der Waals surface area (Å²) in [5.74, 6) is 1.01. The lowest BCUT2D eigenvalue weighted by Gasteiger charge is -2.31. The predicted molar refractivity (Wildman–Crippen MR) is 98.8 cm³/mol. The number of piperidine rings is 1. The van der Waals surface area contributed by atoms with Crippen molar-refractivity contribution in [2.24, 2.45) is 0 Å². The minimum atomic E-state index is -0.201. The molecule has 4 rings (SSSR count). The van der Waals surface area contributed by atoms with Gasteiger partial charge in [0.05, 0.1) is 0 Å². The summed E-state index contributed by atoms with van der Waals surface area (Å²) in [6.07, 6.45) is 1.97. The highest BCUT2D eigenvalue weighted by molar-refractivity contribution is 5.84. The molecule has 1 aromatic carbocycles. The van der Waals surface area contributed by atoms with Gasteiger partial charge in [-0.2, -0.15) is 5.10 Å². The number of benzene rings is 1. The molecule has 1 fully saturated rings. The number of hydrogen-bond donors (Lipinski definition) is 2. The van der Waals surface area contributed by atoms with Gasteiger partial charge in [0, 0.05) is 35.6 Å². The molecule has 0 bridgehead atoms. The van der Waals surface area contributed by atoms with E-state index in [2.05, 4.69) is 20.1 Å². The van der Waals surface area contributed by atoms with Gasteiger partial charge in [-0.15, -0.1) is 0 Å². The molecule has 3 aromatic rings. The van der Waals surface area contributed by atoms with Gasteiger partial charge in [0.1, 0.15) is 11.6 Å². The van der Waals surface area contributed by atoms with Crippen LogP contribution in [0.15, 0.2) is 23.0 Å². The summed E-state index contributed by atoms with van der Waals surface area (Å²) in [6, 6.07) is 4.89. The second kappa shape index (κ2) is 6.72. The van der Waals surface area contributed by atoms with Crippen LogP contribution in [-0.2, 0) is 13.1 Å². The highest BCUT2D eigenvalue weighted by Crippen LogP contribution is 2.28. The summed E-state index contributed by atoms with van der Waals surface area (Å²) in [6.45, 7) is 7.41. The van der Waals surface area contributed by atoms with Crippen LogP contribution < -0.4 is 5.69 Å².